The van der Waals surface area contributed by atoms with Gasteiger partial charge < -0.3 is 4.74 Å². The van der Waals surface area contributed by atoms with Crippen LogP contribution < -0.4 is 4.74 Å². The first-order valence-corrected chi connectivity index (χ1v) is 12.0. The van der Waals surface area contributed by atoms with Crippen molar-refractivity contribution < 1.29 is 22.3 Å². The molecule has 1 N–H and O–H groups in total. The topological polar surface area (TPSA) is 112 Å². The highest BCUT2D eigenvalue weighted by atomic mass is 35.5. The Kier molecular flexibility index (Phi) is 5.89. The minimum absolute atomic E-state index is 0.00694. The second kappa shape index (κ2) is 8.49. The molecule has 0 unspecified atom stereocenters. The lowest BCUT2D eigenvalue weighted by molar-refractivity contribution is -0.114. The third-order valence-electron chi connectivity index (χ3n) is 4.43. The smallest absolute Gasteiger partial charge is 0.283 e. The zero-order valence-electron chi connectivity index (χ0n) is 16.4. The van der Waals surface area contributed by atoms with Crippen molar-refractivity contribution in [2.75, 3.05) is 6.26 Å². The predicted octanol–water partition coefficient (Wildman–Crippen LogP) is 3.68. The number of amides is 1. The molecule has 0 fully saturated rings. The van der Waals surface area contributed by atoms with Gasteiger partial charge in [0, 0.05) is 11.8 Å². The van der Waals surface area contributed by atoms with Crippen LogP contribution in [-0.2, 0) is 21.2 Å². The molecule has 0 aromatic heterocycles. The first kappa shape index (κ1) is 22.2. The fourth-order valence-corrected chi connectivity index (χ4v) is 4.99. The van der Waals surface area contributed by atoms with Gasteiger partial charge in [0.1, 0.15) is 24.0 Å². The van der Waals surface area contributed by atoms with Gasteiger partial charge in [0.25, 0.3) is 5.91 Å². The molecule has 2 aliphatic rings. The van der Waals surface area contributed by atoms with Gasteiger partial charge in [-0.05, 0) is 29.8 Å². The van der Waals surface area contributed by atoms with Gasteiger partial charge in [-0.1, -0.05) is 35.9 Å². The lowest BCUT2D eigenvalue weighted by Crippen LogP contribution is -2.45. The third kappa shape index (κ3) is 4.31. The molecule has 0 radical (unpaired) electrons. The lowest BCUT2D eigenvalue weighted by Gasteiger charge is -2.23. The zero-order chi connectivity index (χ0) is 23.0. The average molecular weight is 493 g/mol. The number of hydrogen-bond acceptors (Lipinski definition) is 7. The summed E-state index contributed by atoms with van der Waals surface area (Å²) in [4.78, 5) is 17.3. The fraction of sp³-hybridized carbons (Fsp3) is 0.100. The summed E-state index contributed by atoms with van der Waals surface area (Å²) >= 11 is 6.99. The van der Waals surface area contributed by atoms with Crippen molar-refractivity contribution in [3.63, 3.8) is 0 Å². The quantitative estimate of drug-likeness (QED) is 0.514. The summed E-state index contributed by atoms with van der Waals surface area (Å²) in [5.74, 6) is -1.14. The van der Waals surface area contributed by atoms with Crippen LogP contribution in [0.1, 0.15) is 11.1 Å². The van der Waals surface area contributed by atoms with Gasteiger partial charge in [0.15, 0.2) is 0 Å². The molecule has 4 rings (SSSR count). The number of ether oxygens (including phenoxy) is 1. The zero-order valence-corrected chi connectivity index (χ0v) is 18.8. The molecule has 8 nitrogen and oxygen atoms in total. The predicted molar refractivity (Wildman–Crippen MR) is 122 cm³/mol. The minimum atomic E-state index is -3.73. The number of sulfone groups is 1. The first-order valence-electron chi connectivity index (χ1n) is 9.00. The highest BCUT2D eigenvalue weighted by Gasteiger charge is 2.41. The summed E-state index contributed by atoms with van der Waals surface area (Å²) in [7, 11) is -3.73. The molecule has 164 valence electrons. The summed E-state index contributed by atoms with van der Waals surface area (Å²) in [5.41, 5.74) is 0.713. The normalized spacial score (nSPS) is 17.3. The molecular formula is C20H14ClFN4O4S2. The Morgan fingerprint density at radius 3 is 2.72 bits per heavy atom. The van der Waals surface area contributed by atoms with Gasteiger partial charge in [0.05, 0.1) is 22.5 Å². The van der Waals surface area contributed by atoms with Crippen LogP contribution in [0.2, 0.25) is 5.02 Å². The number of benzene rings is 2. The fourth-order valence-electron chi connectivity index (χ4n) is 2.90. The van der Waals surface area contributed by atoms with Gasteiger partial charge >= 0.3 is 0 Å². The van der Waals surface area contributed by atoms with Crippen molar-refractivity contribution in [1.82, 2.24) is 4.90 Å². The van der Waals surface area contributed by atoms with Crippen molar-refractivity contribution in [3.8, 4) is 5.75 Å². The number of carbonyl (C=O) groups excluding carboxylic acids is 1. The highest BCUT2D eigenvalue weighted by molar-refractivity contribution is 8.16. The monoisotopic (exact) mass is 492 g/mol. The number of fused-ring (bicyclic) bond motifs is 1. The molecule has 2 aromatic carbocycles. The maximum absolute atomic E-state index is 13.8. The van der Waals surface area contributed by atoms with Crippen LogP contribution in [0, 0.1) is 11.2 Å². The summed E-state index contributed by atoms with van der Waals surface area (Å²) in [6, 6.07) is 10.9. The largest absolute Gasteiger partial charge is 0.487 e. The molecule has 1 amide bonds. The summed E-state index contributed by atoms with van der Waals surface area (Å²) < 4.78 is 47.0. The number of amidine groups is 3. The number of nitrogens with zero attached hydrogens (tertiary/aromatic N) is 3. The Morgan fingerprint density at radius 1 is 1.28 bits per heavy atom. The van der Waals surface area contributed by atoms with Gasteiger partial charge in [-0.15, -0.1) is 0 Å². The Morgan fingerprint density at radius 2 is 2.03 bits per heavy atom. The summed E-state index contributed by atoms with van der Waals surface area (Å²) in [6.45, 7) is -0.0202. The van der Waals surface area contributed by atoms with E-state index >= 15 is 0 Å². The molecule has 0 spiro atoms. The Labute approximate surface area is 192 Å². The maximum Gasteiger partial charge on any atom is 0.283 e. The van der Waals surface area contributed by atoms with Gasteiger partial charge in [0.2, 0.25) is 20.2 Å². The van der Waals surface area contributed by atoms with Crippen molar-refractivity contribution >= 4 is 61.5 Å². The number of rotatable bonds is 4. The molecule has 2 aromatic rings. The van der Waals surface area contributed by atoms with Crippen LogP contribution in [-0.4, -0.2) is 41.7 Å². The van der Waals surface area contributed by atoms with E-state index in [-0.39, 0.29) is 33.4 Å². The Bertz CT molecular complexity index is 1360. The van der Waals surface area contributed by atoms with Crippen molar-refractivity contribution in [2.45, 2.75) is 6.61 Å². The molecule has 12 heteroatoms. The van der Waals surface area contributed by atoms with Crippen LogP contribution in [0.4, 0.5) is 4.39 Å². The average Bonchev–Trinajstić information content (AvgIpc) is 3.16. The van der Waals surface area contributed by atoms with E-state index < -0.39 is 21.6 Å². The molecule has 0 aliphatic carbocycles. The van der Waals surface area contributed by atoms with E-state index in [0.29, 0.717) is 16.9 Å². The van der Waals surface area contributed by atoms with Crippen LogP contribution in [0.25, 0.3) is 6.08 Å². The lowest BCUT2D eigenvalue weighted by atomic mass is 10.1. The number of halogens is 2. The first-order chi connectivity index (χ1) is 15.1. The van der Waals surface area contributed by atoms with E-state index in [4.69, 9.17) is 21.7 Å². The number of carbonyl (C=O) groups is 1. The second-order valence-corrected chi connectivity index (χ2v) is 9.80. The number of nitrogens with one attached hydrogen (secondary N) is 1. The van der Waals surface area contributed by atoms with Gasteiger partial charge in [-0.25, -0.2) is 17.7 Å². The Balaban J connectivity index is 1.58. The number of aliphatic imine (C=N–C) groups is 1. The Hall–Kier alpha value is -3.02. The van der Waals surface area contributed by atoms with Crippen molar-refractivity contribution in [3.05, 3.63) is 70.0 Å². The van der Waals surface area contributed by atoms with Crippen LogP contribution in [0.15, 0.2) is 57.4 Å². The van der Waals surface area contributed by atoms with Crippen molar-refractivity contribution in [1.29, 1.82) is 5.41 Å². The van der Waals surface area contributed by atoms with Crippen molar-refractivity contribution in [2.24, 2.45) is 9.39 Å². The molecule has 0 atom stereocenters. The van der Waals surface area contributed by atoms with E-state index in [2.05, 4.69) is 9.39 Å². The molecule has 2 heterocycles. The van der Waals surface area contributed by atoms with E-state index in [1.807, 2.05) is 0 Å². The highest BCUT2D eigenvalue weighted by Crippen LogP contribution is 2.31. The molecule has 32 heavy (non-hydrogen) atoms. The van der Waals surface area contributed by atoms with Gasteiger partial charge in [-0.2, -0.15) is 9.39 Å². The summed E-state index contributed by atoms with van der Waals surface area (Å²) in [5, 5.41) is 8.20. The molecule has 0 saturated heterocycles. The minimum Gasteiger partial charge on any atom is -0.487 e. The van der Waals surface area contributed by atoms with E-state index in [1.54, 1.807) is 30.3 Å². The second-order valence-electron chi connectivity index (χ2n) is 6.75. The molecule has 0 saturated carbocycles. The van der Waals surface area contributed by atoms with Crippen LogP contribution in [0.3, 0.4) is 0 Å². The third-order valence-corrected chi connectivity index (χ3v) is 6.48. The maximum atomic E-state index is 13.8. The van der Waals surface area contributed by atoms with E-state index in [9.17, 15) is 17.6 Å². The van der Waals surface area contributed by atoms with Crippen LogP contribution in [0.5, 0.6) is 5.75 Å². The molecule has 2 aliphatic heterocycles. The number of hydrogen-bond donors (Lipinski definition) is 1. The SMILES string of the molecule is CS(=O)(=O)C1=NSC2=NC(=O)/C(=C\c3ccc(OCc4ccccc4F)c(Cl)c3)C(=N)N21. The van der Waals surface area contributed by atoms with Gasteiger partial charge in [-0.3, -0.25) is 10.2 Å². The van der Waals surface area contributed by atoms with E-state index in [1.165, 1.54) is 18.2 Å². The van der Waals surface area contributed by atoms with E-state index in [0.717, 1.165) is 23.1 Å². The molecular weight excluding hydrogens is 479 g/mol. The standard InChI is InChI=1S/C20H14ClFN4O4S2/c1-32(28,29)20-25-31-19-24-18(27)13(17(23)26(19)20)8-11-6-7-16(14(21)9-11)30-10-12-4-2-3-5-15(12)22/h2-9,23H,10H2,1H3/b13-8-,23-17?. The van der Waals surface area contributed by atoms with Crippen LogP contribution >= 0.6 is 23.5 Å². The summed E-state index contributed by atoms with van der Waals surface area (Å²) in [6.07, 6.45) is 2.34. The molecule has 0 bridgehead atoms.